The average Bonchev–Trinajstić information content (AvgIpc) is 1.93. The molecule has 1 saturated heterocycles. The highest BCUT2D eigenvalue weighted by molar-refractivity contribution is 4.83. The van der Waals surface area contributed by atoms with Crippen LogP contribution in [0.3, 0.4) is 0 Å². The molecule has 1 aliphatic rings. The molecule has 2 heteroatoms. The fourth-order valence-corrected chi connectivity index (χ4v) is 1.49. The average molecular weight is 156 g/mol. The maximum Gasteiger partial charge on any atom is 0.0345 e. The molecule has 66 valence electrons. The van der Waals surface area contributed by atoms with Gasteiger partial charge in [0.05, 0.1) is 0 Å². The largest absolute Gasteiger partial charge is 0.314 e. The molecule has 0 aromatic carbocycles. The summed E-state index contributed by atoms with van der Waals surface area (Å²) in [7, 11) is 0. The monoisotopic (exact) mass is 156 g/mol. The zero-order valence-electron chi connectivity index (χ0n) is 7.77. The topological polar surface area (TPSA) is 15.3 Å². The molecular formula is C9H20N2. The second kappa shape index (κ2) is 4.73. The molecule has 11 heavy (non-hydrogen) atoms. The molecule has 0 bridgehead atoms. The SMILES string of the molecule is CCCCN(CC)C1CNC1. The number of hydrogen-bond donors (Lipinski definition) is 1. The van der Waals surface area contributed by atoms with Gasteiger partial charge in [0.1, 0.15) is 0 Å². The first-order valence-electron chi connectivity index (χ1n) is 4.83. The van der Waals surface area contributed by atoms with E-state index in [1.54, 1.807) is 0 Å². The minimum atomic E-state index is 0.839. The van der Waals surface area contributed by atoms with E-state index in [0.29, 0.717) is 0 Å². The minimum Gasteiger partial charge on any atom is -0.314 e. The molecule has 2 nitrogen and oxygen atoms in total. The molecule has 0 amide bonds. The van der Waals surface area contributed by atoms with Crippen LogP contribution >= 0.6 is 0 Å². The van der Waals surface area contributed by atoms with Gasteiger partial charge in [-0.15, -0.1) is 0 Å². The lowest BCUT2D eigenvalue weighted by Gasteiger charge is -2.37. The number of likely N-dealkylation sites (N-methyl/N-ethyl adjacent to an activating group) is 1. The molecule has 0 atom stereocenters. The first-order valence-corrected chi connectivity index (χ1v) is 4.83. The summed E-state index contributed by atoms with van der Waals surface area (Å²) in [5.74, 6) is 0. The Morgan fingerprint density at radius 2 is 2.09 bits per heavy atom. The molecule has 1 aliphatic heterocycles. The molecule has 0 unspecified atom stereocenters. The summed E-state index contributed by atoms with van der Waals surface area (Å²) in [5.41, 5.74) is 0. The minimum absolute atomic E-state index is 0.839. The van der Waals surface area contributed by atoms with E-state index in [4.69, 9.17) is 0 Å². The fraction of sp³-hybridized carbons (Fsp3) is 1.00. The zero-order valence-corrected chi connectivity index (χ0v) is 7.77. The van der Waals surface area contributed by atoms with Gasteiger partial charge in [0.25, 0.3) is 0 Å². The van der Waals surface area contributed by atoms with Gasteiger partial charge in [-0.3, -0.25) is 4.90 Å². The predicted molar refractivity (Wildman–Crippen MR) is 48.8 cm³/mol. The Morgan fingerprint density at radius 1 is 1.36 bits per heavy atom. The lowest BCUT2D eigenvalue weighted by atomic mass is 10.1. The molecule has 0 radical (unpaired) electrons. The summed E-state index contributed by atoms with van der Waals surface area (Å²) in [4.78, 5) is 2.58. The van der Waals surface area contributed by atoms with Crippen molar-refractivity contribution in [3.63, 3.8) is 0 Å². The van der Waals surface area contributed by atoms with Gasteiger partial charge in [0.2, 0.25) is 0 Å². The maximum absolute atomic E-state index is 3.31. The first kappa shape index (κ1) is 9.01. The van der Waals surface area contributed by atoms with Crippen molar-refractivity contribution >= 4 is 0 Å². The number of nitrogens with one attached hydrogen (secondary N) is 1. The standard InChI is InChI=1S/C9H20N2/c1-3-5-6-11(4-2)9-7-10-8-9/h9-10H,3-8H2,1-2H3. The van der Waals surface area contributed by atoms with Gasteiger partial charge in [0, 0.05) is 19.1 Å². The molecule has 1 heterocycles. The summed E-state index contributed by atoms with van der Waals surface area (Å²) in [5, 5.41) is 3.31. The summed E-state index contributed by atoms with van der Waals surface area (Å²) in [6.07, 6.45) is 2.67. The smallest absolute Gasteiger partial charge is 0.0345 e. The quantitative estimate of drug-likeness (QED) is 0.641. The number of rotatable bonds is 5. The molecule has 0 spiro atoms. The number of unbranched alkanes of at least 4 members (excludes halogenated alkanes) is 1. The lowest BCUT2D eigenvalue weighted by Crippen LogP contribution is -2.57. The van der Waals surface area contributed by atoms with Gasteiger partial charge in [-0.05, 0) is 19.5 Å². The van der Waals surface area contributed by atoms with Crippen LogP contribution in [0.2, 0.25) is 0 Å². The first-order chi connectivity index (χ1) is 5.38. The van der Waals surface area contributed by atoms with Crippen molar-refractivity contribution in [2.24, 2.45) is 0 Å². The summed E-state index contributed by atoms with van der Waals surface area (Å²) in [6, 6.07) is 0.839. The van der Waals surface area contributed by atoms with Crippen molar-refractivity contribution in [2.45, 2.75) is 32.7 Å². The van der Waals surface area contributed by atoms with Crippen molar-refractivity contribution < 1.29 is 0 Å². The molecule has 1 rings (SSSR count). The number of hydrogen-bond acceptors (Lipinski definition) is 2. The molecule has 0 aliphatic carbocycles. The van der Waals surface area contributed by atoms with Crippen molar-refractivity contribution in [1.29, 1.82) is 0 Å². The number of nitrogens with zero attached hydrogens (tertiary/aromatic N) is 1. The Bertz CT molecular complexity index is 99.7. The summed E-state index contributed by atoms with van der Waals surface area (Å²) >= 11 is 0. The van der Waals surface area contributed by atoms with Gasteiger partial charge >= 0.3 is 0 Å². The van der Waals surface area contributed by atoms with Gasteiger partial charge in [0.15, 0.2) is 0 Å². The third-order valence-electron chi connectivity index (χ3n) is 2.48. The summed E-state index contributed by atoms with van der Waals surface area (Å²) < 4.78 is 0. The van der Waals surface area contributed by atoms with Crippen LogP contribution in [0.1, 0.15) is 26.7 Å². The van der Waals surface area contributed by atoms with Gasteiger partial charge in [-0.25, -0.2) is 0 Å². The third-order valence-corrected chi connectivity index (χ3v) is 2.48. The van der Waals surface area contributed by atoms with Crippen LogP contribution in [0.15, 0.2) is 0 Å². The Morgan fingerprint density at radius 3 is 2.45 bits per heavy atom. The molecule has 0 aromatic heterocycles. The van der Waals surface area contributed by atoms with Crippen LogP contribution in [0.25, 0.3) is 0 Å². The highest BCUT2D eigenvalue weighted by Crippen LogP contribution is 2.05. The molecule has 0 aromatic rings. The Labute approximate surface area is 70.0 Å². The highest BCUT2D eigenvalue weighted by Gasteiger charge is 2.22. The van der Waals surface area contributed by atoms with Crippen LogP contribution < -0.4 is 5.32 Å². The second-order valence-electron chi connectivity index (χ2n) is 3.29. The van der Waals surface area contributed by atoms with E-state index in [1.807, 2.05) is 0 Å². The summed E-state index contributed by atoms with van der Waals surface area (Å²) in [6.45, 7) is 9.43. The van der Waals surface area contributed by atoms with Gasteiger partial charge in [-0.2, -0.15) is 0 Å². The Balaban J connectivity index is 2.13. The van der Waals surface area contributed by atoms with Gasteiger partial charge in [-0.1, -0.05) is 20.3 Å². The zero-order chi connectivity index (χ0) is 8.10. The van der Waals surface area contributed by atoms with Crippen LogP contribution in [-0.4, -0.2) is 37.1 Å². The van der Waals surface area contributed by atoms with Crippen LogP contribution in [0.5, 0.6) is 0 Å². The fourth-order valence-electron chi connectivity index (χ4n) is 1.49. The van der Waals surface area contributed by atoms with E-state index in [2.05, 4.69) is 24.1 Å². The Kier molecular flexibility index (Phi) is 3.87. The van der Waals surface area contributed by atoms with Crippen molar-refractivity contribution in [3.05, 3.63) is 0 Å². The van der Waals surface area contributed by atoms with E-state index in [-0.39, 0.29) is 0 Å². The van der Waals surface area contributed by atoms with Crippen LogP contribution in [0.4, 0.5) is 0 Å². The maximum atomic E-state index is 3.31. The van der Waals surface area contributed by atoms with E-state index < -0.39 is 0 Å². The second-order valence-corrected chi connectivity index (χ2v) is 3.29. The van der Waals surface area contributed by atoms with E-state index in [1.165, 1.54) is 39.0 Å². The van der Waals surface area contributed by atoms with Crippen molar-refractivity contribution in [1.82, 2.24) is 10.2 Å². The van der Waals surface area contributed by atoms with Crippen molar-refractivity contribution in [2.75, 3.05) is 26.2 Å². The normalized spacial score (nSPS) is 18.8. The Hall–Kier alpha value is -0.0800. The molecule has 1 N–H and O–H groups in total. The van der Waals surface area contributed by atoms with Gasteiger partial charge < -0.3 is 5.32 Å². The highest BCUT2D eigenvalue weighted by atomic mass is 15.2. The molecule has 1 fully saturated rings. The van der Waals surface area contributed by atoms with E-state index in [0.717, 1.165) is 6.04 Å². The predicted octanol–water partition coefficient (Wildman–Crippen LogP) is 1.08. The van der Waals surface area contributed by atoms with E-state index in [9.17, 15) is 0 Å². The van der Waals surface area contributed by atoms with Crippen molar-refractivity contribution in [3.8, 4) is 0 Å². The molecule has 0 saturated carbocycles. The van der Waals surface area contributed by atoms with Crippen LogP contribution in [0, 0.1) is 0 Å². The van der Waals surface area contributed by atoms with E-state index >= 15 is 0 Å². The third kappa shape index (κ3) is 2.46. The van der Waals surface area contributed by atoms with Crippen LogP contribution in [-0.2, 0) is 0 Å². The lowest BCUT2D eigenvalue weighted by molar-refractivity contribution is 0.151. The molecular weight excluding hydrogens is 136 g/mol.